The topological polar surface area (TPSA) is 42.2 Å². The van der Waals surface area contributed by atoms with E-state index in [1.165, 1.54) is 12.8 Å². The molecule has 0 aliphatic heterocycles. The molecule has 0 spiro atoms. The van der Waals surface area contributed by atoms with Gasteiger partial charge < -0.3 is 5.32 Å². The van der Waals surface area contributed by atoms with Crippen molar-refractivity contribution in [3.8, 4) is 0 Å². The van der Waals surface area contributed by atoms with Crippen LogP contribution in [0.3, 0.4) is 0 Å². The van der Waals surface area contributed by atoms with Crippen LogP contribution < -0.4 is 5.32 Å². The van der Waals surface area contributed by atoms with Crippen molar-refractivity contribution in [1.29, 1.82) is 0 Å². The molecule has 0 bridgehead atoms. The smallest absolute Gasteiger partial charge is 0.155 e. The van der Waals surface area contributed by atoms with Crippen LogP contribution in [0.25, 0.3) is 5.65 Å². The highest BCUT2D eigenvalue weighted by molar-refractivity contribution is 5.36. The van der Waals surface area contributed by atoms with Gasteiger partial charge in [-0.15, -0.1) is 0 Å². The molecule has 2 heterocycles. The number of nitrogens with zero attached hydrogens (tertiary/aromatic N) is 3. The number of nitrogens with one attached hydrogen (secondary N) is 1. The van der Waals surface area contributed by atoms with E-state index in [1.54, 1.807) is 6.20 Å². The van der Waals surface area contributed by atoms with Crippen LogP contribution in [0.5, 0.6) is 0 Å². The minimum atomic E-state index is 0.545. The van der Waals surface area contributed by atoms with Crippen LogP contribution in [0.4, 0.5) is 0 Å². The lowest BCUT2D eigenvalue weighted by Crippen LogP contribution is -2.26. The second kappa shape index (κ2) is 5.07. The highest BCUT2D eigenvalue weighted by Crippen LogP contribution is 2.04. The molecule has 0 aliphatic carbocycles. The summed E-state index contributed by atoms with van der Waals surface area (Å²) in [6, 6.07) is 4.47. The Balaban J connectivity index is 2.06. The first-order valence-corrected chi connectivity index (χ1v) is 5.82. The molecule has 0 saturated carbocycles. The number of aromatic nitrogens is 3. The molecule has 0 aliphatic rings. The molecule has 2 aromatic heterocycles. The molecule has 4 nitrogen and oxygen atoms in total. The van der Waals surface area contributed by atoms with Crippen molar-refractivity contribution in [2.45, 2.75) is 39.3 Å². The number of hydrogen-bond donors (Lipinski definition) is 1. The Bertz CT molecular complexity index is 449. The van der Waals surface area contributed by atoms with Crippen LogP contribution in [-0.4, -0.2) is 20.6 Å². The predicted octanol–water partition coefficient (Wildman–Crippen LogP) is 2.01. The third kappa shape index (κ3) is 2.39. The fraction of sp³-hybridized carbons (Fsp3) is 0.500. The normalized spacial score (nSPS) is 13.1. The summed E-state index contributed by atoms with van der Waals surface area (Å²) in [6.07, 6.45) is 6.02. The van der Waals surface area contributed by atoms with E-state index in [0.29, 0.717) is 6.04 Å². The summed E-state index contributed by atoms with van der Waals surface area (Å²) < 4.78 is 1.88. The predicted molar refractivity (Wildman–Crippen MR) is 64.2 cm³/mol. The summed E-state index contributed by atoms with van der Waals surface area (Å²) in [4.78, 5) is 4.24. The van der Waals surface area contributed by atoms with Gasteiger partial charge in [0.25, 0.3) is 0 Å². The summed E-state index contributed by atoms with van der Waals surface area (Å²) in [7, 11) is 0. The van der Waals surface area contributed by atoms with Crippen LogP contribution in [0, 0.1) is 0 Å². The van der Waals surface area contributed by atoms with Gasteiger partial charge in [0.1, 0.15) is 0 Å². The largest absolute Gasteiger partial charge is 0.309 e. The molecule has 1 N–H and O–H groups in total. The SMILES string of the molecule is CCCC(C)NCc1ccnc2ccnn12. The van der Waals surface area contributed by atoms with E-state index in [9.17, 15) is 0 Å². The van der Waals surface area contributed by atoms with Gasteiger partial charge in [0.2, 0.25) is 0 Å². The first-order valence-electron chi connectivity index (χ1n) is 5.82. The minimum absolute atomic E-state index is 0.545. The molecule has 16 heavy (non-hydrogen) atoms. The summed E-state index contributed by atoms with van der Waals surface area (Å²) in [5, 5.41) is 7.75. The summed E-state index contributed by atoms with van der Waals surface area (Å²) in [5.74, 6) is 0. The van der Waals surface area contributed by atoms with Crippen LogP contribution >= 0.6 is 0 Å². The second-order valence-electron chi connectivity index (χ2n) is 4.11. The van der Waals surface area contributed by atoms with E-state index in [1.807, 2.05) is 22.8 Å². The molecule has 86 valence electrons. The molecule has 0 radical (unpaired) electrons. The zero-order chi connectivity index (χ0) is 11.4. The van der Waals surface area contributed by atoms with E-state index in [2.05, 4.69) is 29.2 Å². The maximum atomic E-state index is 4.26. The van der Waals surface area contributed by atoms with Crippen molar-refractivity contribution in [3.63, 3.8) is 0 Å². The highest BCUT2D eigenvalue weighted by atomic mass is 15.3. The fourth-order valence-electron chi connectivity index (χ4n) is 1.83. The van der Waals surface area contributed by atoms with Gasteiger partial charge in [0, 0.05) is 24.8 Å². The highest BCUT2D eigenvalue weighted by Gasteiger charge is 2.04. The molecular formula is C12H18N4. The van der Waals surface area contributed by atoms with Crippen LogP contribution in [0.15, 0.2) is 24.5 Å². The number of hydrogen-bond acceptors (Lipinski definition) is 3. The molecule has 0 amide bonds. The van der Waals surface area contributed by atoms with Crippen molar-refractivity contribution >= 4 is 5.65 Å². The molecule has 0 aromatic carbocycles. The summed E-state index contributed by atoms with van der Waals surface area (Å²) in [6.45, 7) is 5.25. The lowest BCUT2D eigenvalue weighted by atomic mass is 10.2. The monoisotopic (exact) mass is 218 g/mol. The van der Waals surface area contributed by atoms with Crippen molar-refractivity contribution in [3.05, 3.63) is 30.2 Å². The van der Waals surface area contributed by atoms with Gasteiger partial charge in [-0.05, 0) is 19.4 Å². The molecular weight excluding hydrogens is 200 g/mol. The van der Waals surface area contributed by atoms with Gasteiger partial charge in [0.05, 0.1) is 11.9 Å². The first-order chi connectivity index (χ1) is 7.81. The Morgan fingerprint density at radius 3 is 3.06 bits per heavy atom. The molecule has 1 atom stereocenters. The van der Waals surface area contributed by atoms with Crippen molar-refractivity contribution in [1.82, 2.24) is 19.9 Å². The molecule has 0 fully saturated rings. The quantitative estimate of drug-likeness (QED) is 0.834. The van der Waals surface area contributed by atoms with Gasteiger partial charge >= 0.3 is 0 Å². The van der Waals surface area contributed by atoms with Crippen molar-refractivity contribution < 1.29 is 0 Å². The van der Waals surface area contributed by atoms with Gasteiger partial charge in [-0.2, -0.15) is 5.10 Å². The van der Waals surface area contributed by atoms with E-state index in [0.717, 1.165) is 17.9 Å². The van der Waals surface area contributed by atoms with Gasteiger partial charge in [-0.3, -0.25) is 0 Å². The summed E-state index contributed by atoms with van der Waals surface area (Å²) >= 11 is 0. The van der Waals surface area contributed by atoms with E-state index in [4.69, 9.17) is 0 Å². The third-order valence-corrected chi connectivity index (χ3v) is 2.72. The van der Waals surface area contributed by atoms with Crippen molar-refractivity contribution in [2.24, 2.45) is 0 Å². The number of rotatable bonds is 5. The second-order valence-corrected chi connectivity index (χ2v) is 4.11. The molecule has 4 heteroatoms. The fourth-order valence-corrected chi connectivity index (χ4v) is 1.83. The minimum Gasteiger partial charge on any atom is -0.309 e. The Morgan fingerprint density at radius 1 is 1.38 bits per heavy atom. The maximum Gasteiger partial charge on any atom is 0.155 e. The van der Waals surface area contributed by atoms with Gasteiger partial charge in [-0.25, -0.2) is 9.50 Å². The van der Waals surface area contributed by atoms with Crippen LogP contribution in [0.2, 0.25) is 0 Å². The van der Waals surface area contributed by atoms with Crippen molar-refractivity contribution in [2.75, 3.05) is 0 Å². The molecule has 2 aromatic rings. The third-order valence-electron chi connectivity index (χ3n) is 2.72. The lowest BCUT2D eigenvalue weighted by Gasteiger charge is -2.12. The lowest BCUT2D eigenvalue weighted by molar-refractivity contribution is 0.500. The first kappa shape index (κ1) is 11.1. The number of fused-ring (bicyclic) bond motifs is 1. The molecule has 1 unspecified atom stereocenters. The Kier molecular flexibility index (Phi) is 3.51. The Hall–Kier alpha value is -1.42. The maximum absolute atomic E-state index is 4.26. The van der Waals surface area contributed by atoms with E-state index < -0.39 is 0 Å². The van der Waals surface area contributed by atoms with Gasteiger partial charge in [0.15, 0.2) is 5.65 Å². The standard InChI is InChI=1S/C12H18N4/c1-3-4-10(2)14-9-11-5-7-13-12-6-8-15-16(11)12/h5-8,10,14H,3-4,9H2,1-2H3. The average Bonchev–Trinajstić information content (AvgIpc) is 2.75. The van der Waals surface area contributed by atoms with Crippen LogP contribution in [-0.2, 0) is 6.54 Å². The Labute approximate surface area is 95.7 Å². The zero-order valence-electron chi connectivity index (χ0n) is 9.85. The van der Waals surface area contributed by atoms with Gasteiger partial charge in [-0.1, -0.05) is 13.3 Å². The Morgan fingerprint density at radius 2 is 2.25 bits per heavy atom. The molecule has 2 rings (SSSR count). The van der Waals surface area contributed by atoms with E-state index in [-0.39, 0.29) is 0 Å². The average molecular weight is 218 g/mol. The summed E-state index contributed by atoms with van der Waals surface area (Å²) in [5.41, 5.74) is 2.06. The molecule has 0 saturated heterocycles. The zero-order valence-corrected chi connectivity index (χ0v) is 9.85. The van der Waals surface area contributed by atoms with E-state index >= 15 is 0 Å². The van der Waals surface area contributed by atoms with Crippen LogP contribution in [0.1, 0.15) is 32.4 Å².